The van der Waals surface area contributed by atoms with Crippen LogP contribution in [0.4, 0.5) is 0 Å². The summed E-state index contributed by atoms with van der Waals surface area (Å²) in [7, 11) is 0. The molecule has 1 N–H and O–H groups in total. The van der Waals surface area contributed by atoms with Crippen molar-refractivity contribution in [3.8, 4) is 0 Å². The van der Waals surface area contributed by atoms with Gasteiger partial charge in [-0.1, -0.05) is 41.9 Å². The molecule has 0 fully saturated rings. The number of halogens is 2. The normalized spacial score (nSPS) is 11.3. The highest BCUT2D eigenvalue weighted by molar-refractivity contribution is 14.1. The van der Waals surface area contributed by atoms with Gasteiger partial charge in [-0.05, 0) is 47.2 Å². The first-order valence-corrected chi connectivity index (χ1v) is 9.10. The predicted octanol–water partition coefficient (Wildman–Crippen LogP) is 5.23. The Bertz CT molecular complexity index is 920. The maximum atomic E-state index is 12.3. The quantitative estimate of drug-likeness (QED) is 0.329. The van der Waals surface area contributed by atoms with E-state index in [1.165, 1.54) is 11.3 Å². The van der Waals surface area contributed by atoms with Crippen LogP contribution in [0, 0.1) is 10.5 Å². The summed E-state index contributed by atoms with van der Waals surface area (Å²) in [5.74, 6) is -0.295. The average Bonchev–Trinajstić information content (AvgIpc) is 2.85. The van der Waals surface area contributed by atoms with Gasteiger partial charge < -0.3 is 0 Å². The fourth-order valence-electron chi connectivity index (χ4n) is 2.11. The van der Waals surface area contributed by atoms with Crippen molar-refractivity contribution < 1.29 is 4.79 Å². The number of rotatable bonds is 3. The van der Waals surface area contributed by atoms with E-state index < -0.39 is 0 Å². The van der Waals surface area contributed by atoms with Crippen molar-refractivity contribution in [1.29, 1.82) is 0 Å². The molecule has 1 heterocycles. The molecule has 1 aromatic heterocycles. The van der Waals surface area contributed by atoms with Crippen molar-refractivity contribution in [2.24, 2.45) is 5.10 Å². The van der Waals surface area contributed by atoms with Gasteiger partial charge in [0, 0.05) is 19.2 Å². The van der Waals surface area contributed by atoms with Crippen molar-refractivity contribution in [3.05, 3.63) is 67.1 Å². The van der Waals surface area contributed by atoms with Crippen molar-refractivity contribution >= 4 is 67.7 Å². The second-order valence-electron chi connectivity index (χ2n) is 4.97. The molecule has 0 aliphatic heterocycles. The predicted molar refractivity (Wildman–Crippen MR) is 106 cm³/mol. The summed E-state index contributed by atoms with van der Waals surface area (Å²) < 4.78 is 2.07. The number of nitrogens with zero attached hydrogens (tertiary/aromatic N) is 1. The molecule has 0 saturated heterocycles. The minimum atomic E-state index is -0.295. The maximum Gasteiger partial charge on any atom is 0.283 e. The minimum Gasteiger partial charge on any atom is -0.266 e. The molecule has 0 atom stereocenters. The largest absolute Gasteiger partial charge is 0.283 e. The summed E-state index contributed by atoms with van der Waals surface area (Å²) in [6, 6.07) is 13.8. The van der Waals surface area contributed by atoms with Crippen LogP contribution in [0.25, 0.3) is 10.1 Å². The van der Waals surface area contributed by atoms with Gasteiger partial charge in [-0.15, -0.1) is 11.3 Å². The van der Waals surface area contributed by atoms with Crippen LogP contribution in [0.2, 0.25) is 5.02 Å². The van der Waals surface area contributed by atoms with Crippen molar-refractivity contribution in [1.82, 2.24) is 5.43 Å². The van der Waals surface area contributed by atoms with E-state index in [0.29, 0.717) is 9.90 Å². The van der Waals surface area contributed by atoms with Crippen molar-refractivity contribution in [2.45, 2.75) is 6.92 Å². The SMILES string of the molecule is Cc1ccc2c(Cl)c(C(=O)NN=Cc3ccccc3I)sc2c1. The van der Waals surface area contributed by atoms with Crippen LogP contribution in [-0.2, 0) is 0 Å². The van der Waals surface area contributed by atoms with E-state index >= 15 is 0 Å². The summed E-state index contributed by atoms with van der Waals surface area (Å²) in [4.78, 5) is 12.8. The maximum absolute atomic E-state index is 12.3. The van der Waals surface area contributed by atoms with Gasteiger partial charge in [0.25, 0.3) is 5.91 Å². The first-order chi connectivity index (χ1) is 11.1. The van der Waals surface area contributed by atoms with E-state index in [-0.39, 0.29) is 5.91 Å². The fraction of sp³-hybridized carbons (Fsp3) is 0.0588. The Balaban J connectivity index is 1.81. The van der Waals surface area contributed by atoms with E-state index in [9.17, 15) is 4.79 Å². The molecular formula is C17H12ClIN2OS. The number of hydrogen-bond donors (Lipinski definition) is 1. The van der Waals surface area contributed by atoms with Gasteiger partial charge >= 0.3 is 0 Å². The molecule has 0 saturated carbocycles. The van der Waals surface area contributed by atoms with Crippen LogP contribution in [0.5, 0.6) is 0 Å². The number of fused-ring (bicyclic) bond motifs is 1. The Morgan fingerprint density at radius 1 is 1.30 bits per heavy atom. The summed E-state index contributed by atoms with van der Waals surface area (Å²) >= 11 is 9.92. The fourth-order valence-corrected chi connectivity index (χ4v) is 4.14. The monoisotopic (exact) mass is 454 g/mol. The number of thiophene rings is 1. The molecule has 0 unspecified atom stereocenters. The van der Waals surface area contributed by atoms with Gasteiger partial charge in [0.1, 0.15) is 4.88 Å². The summed E-state index contributed by atoms with van der Waals surface area (Å²) in [5, 5.41) is 5.40. The van der Waals surface area contributed by atoms with E-state index in [2.05, 4.69) is 33.1 Å². The van der Waals surface area contributed by atoms with Crippen LogP contribution in [0.1, 0.15) is 20.8 Å². The lowest BCUT2D eigenvalue weighted by Gasteiger charge is -1.98. The Morgan fingerprint density at radius 3 is 2.87 bits per heavy atom. The third-order valence-electron chi connectivity index (χ3n) is 3.27. The lowest BCUT2D eigenvalue weighted by Crippen LogP contribution is -2.16. The highest BCUT2D eigenvalue weighted by Gasteiger charge is 2.16. The molecule has 0 radical (unpaired) electrons. The number of hydrogen-bond acceptors (Lipinski definition) is 3. The molecule has 3 aromatic rings. The second kappa shape index (κ2) is 6.98. The molecule has 0 bridgehead atoms. The number of nitrogens with one attached hydrogen (secondary N) is 1. The number of aryl methyl sites for hydroxylation is 1. The molecule has 0 aliphatic carbocycles. The Kier molecular flexibility index (Phi) is 4.99. The van der Waals surface area contributed by atoms with Crippen LogP contribution in [0.3, 0.4) is 0 Å². The number of carbonyl (C=O) groups is 1. The standard InChI is InChI=1S/C17H12ClIN2OS/c1-10-6-7-12-14(8-10)23-16(15(12)18)17(22)21-20-9-11-4-2-3-5-13(11)19/h2-9H,1H3,(H,21,22). The molecule has 0 spiro atoms. The van der Waals surface area contributed by atoms with E-state index in [1.54, 1.807) is 6.21 Å². The minimum absolute atomic E-state index is 0.295. The summed E-state index contributed by atoms with van der Waals surface area (Å²) in [5.41, 5.74) is 4.63. The lowest BCUT2D eigenvalue weighted by atomic mass is 10.2. The number of benzene rings is 2. The summed E-state index contributed by atoms with van der Waals surface area (Å²) in [6.07, 6.45) is 1.63. The first-order valence-electron chi connectivity index (χ1n) is 6.83. The molecule has 1 amide bonds. The Hall–Kier alpha value is -1.44. The smallest absolute Gasteiger partial charge is 0.266 e. The van der Waals surface area contributed by atoms with Crippen molar-refractivity contribution in [2.75, 3.05) is 0 Å². The second-order valence-corrected chi connectivity index (χ2v) is 7.56. The topological polar surface area (TPSA) is 41.5 Å². The highest BCUT2D eigenvalue weighted by atomic mass is 127. The zero-order valence-corrected chi connectivity index (χ0v) is 15.9. The number of hydrazone groups is 1. The summed E-state index contributed by atoms with van der Waals surface area (Å²) in [6.45, 7) is 2.01. The average molecular weight is 455 g/mol. The van der Waals surface area contributed by atoms with Gasteiger partial charge in [0.2, 0.25) is 0 Å². The van der Waals surface area contributed by atoms with Gasteiger partial charge in [-0.25, -0.2) is 5.43 Å². The van der Waals surface area contributed by atoms with Crippen molar-refractivity contribution in [3.63, 3.8) is 0 Å². The molecule has 6 heteroatoms. The van der Waals surface area contributed by atoms with Crippen LogP contribution >= 0.6 is 45.5 Å². The number of carbonyl (C=O) groups excluding carboxylic acids is 1. The molecule has 23 heavy (non-hydrogen) atoms. The van der Waals surface area contributed by atoms with E-state index in [1.807, 2.05) is 49.4 Å². The first kappa shape index (κ1) is 16.4. The lowest BCUT2D eigenvalue weighted by molar-refractivity contribution is 0.0959. The third kappa shape index (κ3) is 3.57. The Labute approximate surface area is 156 Å². The van der Waals surface area contributed by atoms with E-state index in [4.69, 9.17) is 11.6 Å². The van der Waals surface area contributed by atoms with Crippen LogP contribution in [-0.4, -0.2) is 12.1 Å². The van der Waals surface area contributed by atoms with Gasteiger partial charge in [-0.3, -0.25) is 4.79 Å². The zero-order valence-electron chi connectivity index (χ0n) is 12.1. The molecule has 0 aliphatic rings. The van der Waals surface area contributed by atoms with Crippen LogP contribution < -0.4 is 5.43 Å². The molecular weight excluding hydrogens is 443 g/mol. The van der Waals surface area contributed by atoms with Gasteiger partial charge in [0.15, 0.2) is 0 Å². The zero-order chi connectivity index (χ0) is 16.4. The highest BCUT2D eigenvalue weighted by Crippen LogP contribution is 2.35. The molecule has 3 rings (SSSR count). The van der Waals surface area contributed by atoms with E-state index in [0.717, 1.165) is 24.8 Å². The van der Waals surface area contributed by atoms with Gasteiger partial charge in [-0.2, -0.15) is 5.10 Å². The molecule has 2 aromatic carbocycles. The molecule has 3 nitrogen and oxygen atoms in total. The third-order valence-corrected chi connectivity index (χ3v) is 5.90. The van der Waals surface area contributed by atoms with Gasteiger partial charge in [0.05, 0.1) is 11.2 Å². The molecule has 116 valence electrons. The number of amides is 1. The van der Waals surface area contributed by atoms with Crippen LogP contribution in [0.15, 0.2) is 47.6 Å². The Morgan fingerprint density at radius 2 is 2.09 bits per heavy atom.